The lowest BCUT2D eigenvalue weighted by Gasteiger charge is -2.33. The third-order valence-corrected chi connectivity index (χ3v) is 3.45. The van der Waals surface area contributed by atoms with Crippen LogP contribution in [0, 0.1) is 5.92 Å². The van der Waals surface area contributed by atoms with Crippen molar-refractivity contribution in [1.82, 2.24) is 5.32 Å². The van der Waals surface area contributed by atoms with Gasteiger partial charge in [-0.1, -0.05) is 6.42 Å². The average molecular weight is 201 g/mol. The van der Waals surface area contributed by atoms with E-state index in [4.69, 9.17) is 4.74 Å². The second-order valence-corrected chi connectivity index (χ2v) is 4.45. The molecule has 2 nitrogen and oxygen atoms in total. The van der Waals surface area contributed by atoms with E-state index in [1.54, 1.807) is 0 Å². The molecule has 2 atom stereocenters. The molecule has 3 heteroatoms. The first-order valence-corrected chi connectivity index (χ1v) is 5.83. The molecule has 0 aliphatic carbocycles. The summed E-state index contributed by atoms with van der Waals surface area (Å²) in [7, 11) is 0. The quantitative estimate of drug-likeness (QED) is 0.736. The van der Waals surface area contributed by atoms with Gasteiger partial charge in [0.25, 0.3) is 0 Å². The molecule has 0 aromatic rings. The molecule has 0 aromatic carbocycles. The highest BCUT2D eigenvalue weighted by Gasteiger charge is 2.31. The van der Waals surface area contributed by atoms with Crippen molar-refractivity contribution in [3.8, 4) is 0 Å². The van der Waals surface area contributed by atoms with Crippen molar-refractivity contribution in [2.24, 2.45) is 5.92 Å². The van der Waals surface area contributed by atoms with Gasteiger partial charge in [0.15, 0.2) is 0 Å². The Morgan fingerprint density at radius 1 is 1.14 bits per heavy atom. The third kappa shape index (κ3) is 2.45. The van der Waals surface area contributed by atoms with E-state index in [9.17, 15) is 4.39 Å². The minimum atomic E-state index is -0.654. The lowest BCUT2D eigenvalue weighted by atomic mass is 9.87. The Morgan fingerprint density at radius 2 is 1.93 bits per heavy atom. The summed E-state index contributed by atoms with van der Waals surface area (Å²) < 4.78 is 19.3. The van der Waals surface area contributed by atoms with Crippen LogP contribution >= 0.6 is 0 Å². The molecule has 2 aliphatic rings. The molecule has 14 heavy (non-hydrogen) atoms. The van der Waals surface area contributed by atoms with Crippen LogP contribution in [0.2, 0.25) is 0 Å². The van der Waals surface area contributed by atoms with E-state index in [0.29, 0.717) is 0 Å². The highest BCUT2D eigenvalue weighted by Crippen LogP contribution is 2.26. The van der Waals surface area contributed by atoms with Crippen molar-refractivity contribution >= 4 is 0 Å². The molecule has 0 aromatic heterocycles. The lowest BCUT2D eigenvalue weighted by molar-refractivity contribution is 0.0238. The van der Waals surface area contributed by atoms with E-state index in [1.165, 1.54) is 12.8 Å². The van der Waals surface area contributed by atoms with Crippen LogP contribution in [0.1, 0.15) is 32.1 Å². The Labute approximate surface area is 85.2 Å². The predicted molar refractivity (Wildman–Crippen MR) is 54.1 cm³/mol. The smallest absolute Gasteiger partial charge is 0.118 e. The van der Waals surface area contributed by atoms with Crippen molar-refractivity contribution < 1.29 is 9.13 Å². The molecule has 0 spiro atoms. The van der Waals surface area contributed by atoms with Crippen molar-refractivity contribution in [3.63, 3.8) is 0 Å². The van der Waals surface area contributed by atoms with E-state index in [-0.39, 0.29) is 12.0 Å². The molecule has 2 unspecified atom stereocenters. The molecular weight excluding hydrogens is 181 g/mol. The zero-order chi connectivity index (χ0) is 9.80. The topological polar surface area (TPSA) is 21.3 Å². The van der Waals surface area contributed by atoms with Crippen LogP contribution in [0.3, 0.4) is 0 Å². The Balaban J connectivity index is 1.82. The highest BCUT2D eigenvalue weighted by atomic mass is 19.1. The third-order valence-electron chi connectivity index (χ3n) is 3.45. The van der Waals surface area contributed by atoms with Gasteiger partial charge in [-0.3, -0.25) is 0 Å². The van der Waals surface area contributed by atoms with Crippen molar-refractivity contribution in [3.05, 3.63) is 0 Å². The van der Waals surface area contributed by atoms with Crippen LogP contribution in [0.25, 0.3) is 0 Å². The molecule has 1 N–H and O–H groups in total. The minimum absolute atomic E-state index is 0.117. The molecule has 2 saturated heterocycles. The van der Waals surface area contributed by atoms with Crippen LogP contribution in [0.5, 0.6) is 0 Å². The standard InChI is InChI=1S/C11H20FNO/c12-11(9-4-7-14-8-5-9)10-3-1-2-6-13-10/h9-11,13H,1-8H2. The number of alkyl halides is 1. The first-order chi connectivity index (χ1) is 6.88. The van der Waals surface area contributed by atoms with E-state index in [0.717, 1.165) is 39.0 Å². The molecule has 2 aliphatic heterocycles. The summed E-state index contributed by atoms with van der Waals surface area (Å²) in [5, 5.41) is 3.30. The maximum atomic E-state index is 14.1. The first-order valence-electron chi connectivity index (χ1n) is 5.83. The fraction of sp³-hybridized carbons (Fsp3) is 1.00. The summed E-state index contributed by atoms with van der Waals surface area (Å²) in [5.41, 5.74) is 0. The van der Waals surface area contributed by atoms with E-state index >= 15 is 0 Å². The normalized spacial score (nSPS) is 32.8. The summed E-state index contributed by atoms with van der Waals surface area (Å²) in [6.07, 6.45) is 4.55. The summed E-state index contributed by atoms with van der Waals surface area (Å²) in [4.78, 5) is 0. The summed E-state index contributed by atoms with van der Waals surface area (Å²) >= 11 is 0. The molecule has 2 fully saturated rings. The minimum Gasteiger partial charge on any atom is -0.381 e. The van der Waals surface area contributed by atoms with E-state index < -0.39 is 6.17 Å². The molecule has 2 heterocycles. The number of piperidine rings is 1. The van der Waals surface area contributed by atoms with Gasteiger partial charge in [-0.15, -0.1) is 0 Å². The summed E-state index contributed by atoms with van der Waals surface area (Å²) in [5.74, 6) is 0.236. The Hall–Kier alpha value is -0.150. The van der Waals surface area contributed by atoms with E-state index in [2.05, 4.69) is 5.32 Å². The second-order valence-electron chi connectivity index (χ2n) is 4.45. The largest absolute Gasteiger partial charge is 0.381 e. The zero-order valence-electron chi connectivity index (χ0n) is 8.68. The predicted octanol–water partition coefficient (Wildman–Crippen LogP) is 1.89. The molecule has 0 saturated carbocycles. The van der Waals surface area contributed by atoms with Gasteiger partial charge in [-0.25, -0.2) is 4.39 Å². The zero-order valence-corrected chi connectivity index (χ0v) is 8.68. The fourth-order valence-corrected chi connectivity index (χ4v) is 2.51. The number of hydrogen-bond donors (Lipinski definition) is 1. The van der Waals surface area contributed by atoms with Gasteiger partial charge in [0.2, 0.25) is 0 Å². The van der Waals surface area contributed by atoms with Crippen LogP contribution in [-0.4, -0.2) is 32.0 Å². The van der Waals surface area contributed by atoms with Gasteiger partial charge in [0, 0.05) is 19.3 Å². The molecule has 2 rings (SSSR count). The summed E-state index contributed by atoms with van der Waals surface area (Å²) in [6, 6.07) is 0.117. The number of halogens is 1. The number of nitrogens with one attached hydrogen (secondary N) is 1. The number of ether oxygens (including phenoxy) is 1. The first kappa shape index (κ1) is 10.4. The van der Waals surface area contributed by atoms with Gasteiger partial charge in [-0.2, -0.15) is 0 Å². The molecule has 82 valence electrons. The van der Waals surface area contributed by atoms with E-state index in [1.807, 2.05) is 0 Å². The Bertz CT molecular complexity index is 147. The maximum absolute atomic E-state index is 14.1. The lowest BCUT2D eigenvalue weighted by Crippen LogP contribution is -2.45. The molecule has 0 radical (unpaired) electrons. The van der Waals surface area contributed by atoms with Crippen LogP contribution in [0.15, 0.2) is 0 Å². The van der Waals surface area contributed by atoms with Gasteiger partial charge in [-0.05, 0) is 38.1 Å². The molecule has 0 bridgehead atoms. The second kappa shape index (κ2) is 5.08. The van der Waals surface area contributed by atoms with Crippen LogP contribution in [-0.2, 0) is 4.74 Å². The average Bonchev–Trinajstić information content (AvgIpc) is 2.30. The Morgan fingerprint density at radius 3 is 2.57 bits per heavy atom. The Kier molecular flexibility index (Phi) is 3.76. The van der Waals surface area contributed by atoms with Gasteiger partial charge in [0.05, 0.1) is 0 Å². The molecular formula is C11H20FNO. The van der Waals surface area contributed by atoms with Crippen molar-refractivity contribution in [2.45, 2.75) is 44.3 Å². The van der Waals surface area contributed by atoms with Gasteiger partial charge < -0.3 is 10.1 Å². The van der Waals surface area contributed by atoms with Crippen LogP contribution < -0.4 is 5.32 Å². The maximum Gasteiger partial charge on any atom is 0.118 e. The highest BCUT2D eigenvalue weighted by molar-refractivity contribution is 4.85. The SMILES string of the molecule is FC(C1CCOCC1)C1CCCCN1. The monoisotopic (exact) mass is 201 g/mol. The van der Waals surface area contributed by atoms with Gasteiger partial charge in [0.1, 0.15) is 6.17 Å². The van der Waals surface area contributed by atoms with Crippen LogP contribution in [0.4, 0.5) is 4.39 Å². The van der Waals surface area contributed by atoms with Crippen molar-refractivity contribution in [2.75, 3.05) is 19.8 Å². The number of hydrogen-bond acceptors (Lipinski definition) is 2. The van der Waals surface area contributed by atoms with Gasteiger partial charge >= 0.3 is 0 Å². The van der Waals surface area contributed by atoms with Crippen molar-refractivity contribution in [1.29, 1.82) is 0 Å². The summed E-state index contributed by atoms with van der Waals surface area (Å²) in [6.45, 7) is 2.49. The number of rotatable bonds is 2. The molecule has 0 amide bonds. The fourth-order valence-electron chi connectivity index (χ4n) is 2.51.